The monoisotopic (exact) mass is 569 g/mol. The molecule has 12 heteroatoms. The van der Waals surface area contributed by atoms with Gasteiger partial charge in [0.25, 0.3) is 0 Å². The van der Waals surface area contributed by atoms with Crippen LogP contribution < -0.4 is 30.2 Å². The molecule has 0 spiro atoms. The topological polar surface area (TPSA) is 142 Å². The third-order valence-electron chi connectivity index (χ3n) is 7.02. The lowest BCUT2D eigenvalue weighted by molar-refractivity contribution is -0.134. The summed E-state index contributed by atoms with van der Waals surface area (Å²) >= 11 is 0. The number of nitrogens with zero attached hydrogens (tertiary/aromatic N) is 2. The first-order valence-corrected chi connectivity index (χ1v) is 13.7. The number of aliphatic hydroxyl groups is 1. The van der Waals surface area contributed by atoms with Gasteiger partial charge in [0, 0.05) is 48.6 Å². The summed E-state index contributed by atoms with van der Waals surface area (Å²) in [5.74, 6) is 1.33. The third-order valence-corrected chi connectivity index (χ3v) is 7.02. The van der Waals surface area contributed by atoms with E-state index >= 15 is 0 Å². The number of urea groups is 2. The Kier molecular flexibility index (Phi) is 9.43. The van der Waals surface area contributed by atoms with Gasteiger partial charge in [-0.2, -0.15) is 0 Å². The van der Waals surface area contributed by atoms with Crippen molar-refractivity contribution in [3.63, 3.8) is 0 Å². The van der Waals surface area contributed by atoms with Crippen molar-refractivity contribution in [2.24, 2.45) is 5.92 Å². The zero-order valence-corrected chi connectivity index (χ0v) is 24.1. The Bertz CT molecular complexity index is 1270. The molecular weight excluding hydrogens is 530 g/mol. The molecule has 0 fully saturated rings. The van der Waals surface area contributed by atoms with Crippen molar-refractivity contribution in [1.29, 1.82) is 0 Å². The van der Waals surface area contributed by atoms with Crippen LogP contribution in [-0.4, -0.2) is 84.6 Å². The molecule has 41 heavy (non-hydrogen) atoms. The Balaban J connectivity index is 1.55. The van der Waals surface area contributed by atoms with Crippen LogP contribution in [0.25, 0.3) is 0 Å². The zero-order chi connectivity index (χ0) is 29.7. The van der Waals surface area contributed by atoms with E-state index in [0.29, 0.717) is 40.7 Å². The number of hydrogen-bond donors (Lipinski definition) is 4. The van der Waals surface area contributed by atoms with Gasteiger partial charge in [-0.1, -0.05) is 6.92 Å². The van der Waals surface area contributed by atoms with Gasteiger partial charge in [-0.3, -0.25) is 4.79 Å². The molecule has 0 saturated heterocycles. The van der Waals surface area contributed by atoms with E-state index in [4.69, 9.17) is 14.2 Å². The van der Waals surface area contributed by atoms with E-state index in [1.54, 1.807) is 60.2 Å². The number of carbonyl (C=O) groups excluding carboxylic acids is 3. The molecule has 0 radical (unpaired) electrons. The van der Waals surface area contributed by atoms with Crippen LogP contribution in [0, 0.1) is 5.92 Å². The molecule has 0 aliphatic carbocycles. The van der Waals surface area contributed by atoms with Gasteiger partial charge < -0.3 is 45.1 Å². The van der Waals surface area contributed by atoms with E-state index in [1.165, 1.54) is 0 Å². The molecule has 5 amide bonds. The number of fused-ring (bicyclic) bond motifs is 2. The van der Waals surface area contributed by atoms with Crippen LogP contribution in [0.4, 0.5) is 21.0 Å². The van der Waals surface area contributed by atoms with Gasteiger partial charge >= 0.3 is 12.1 Å². The fourth-order valence-corrected chi connectivity index (χ4v) is 4.70. The smallest absolute Gasteiger partial charge is 0.323 e. The van der Waals surface area contributed by atoms with Crippen molar-refractivity contribution in [1.82, 2.24) is 15.1 Å². The number of anilines is 2. The Labute approximate surface area is 239 Å². The molecule has 4 N–H and O–H groups in total. The summed E-state index contributed by atoms with van der Waals surface area (Å²) in [6, 6.07) is 9.11. The fraction of sp³-hybridized carbons (Fsp3) is 0.483. The molecule has 0 unspecified atom stereocenters. The first kappa shape index (κ1) is 29.8. The summed E-state index contributed by atoms with van der Waals surface area (Å²) in [6.07, 6.45) is -0.425. The third kappa shape index (κ3) is 7.51. The van der Waals surface area contributed by atoms with Crippen molar-refractivity contribution in [2.45, 2.75) is 52.3 Å². The summed E-state index contributed by atoms with van der Waals surface area (Å²) < 4.78 is 17.1. The standard InChI is InChI=1S/C29H39N5O7/c1-17(2)30-29(38)33(5)14-26-18(3)13-34(19(4)15-35)27(36)11-20-10-21(6-8-23(20)41-26)31-28(37)32-22-7-9-24-25(12-22)40-16-39-24/h6-10,12,17-19,26,35H,11,13-16H2,1-5H3,(H,30,38)(H2,31,32,37)/t18-,19+,26+/m1/s1. The molecule has 4 rings (SSSR count). The second kappa shape index (κ2) is 13.0. The van der Waals surface area contributed by atoms with Crippen LogP contribution in [0.1, 0.15) is 33.3 Å². The van der Waals surface area contributed by atoms with Crippen molar-refractivity contribution < 1.29 is 33.7 Å². The van der Waals surface area contributed by atoms with E-state index in [0.717, 1.165) is 0 Å². The lowest BCUT2D eigenvalue weighted by Gasteiger charge is -2.34. The van der Waals surface area contributed by atoms with Gasteiger partial charge in [-0.15, -0.1) is 0 Å². The molecule has 2 aliphatic rings. The first-order valence-electron chi connectivity index (χ1n) is 13.7. The van der Waals surface area contributed by atoms with Gasteiger partial charge in [0.1, 0.15) is 11.9 Å². The summed E-state index contributed by atoms with van der Waals surface area (Å²) in [5, 5.41) is 18.3. The van der Waals surface area contributed by atoms with Crippen LogP contribution >= 0.6 is 0 Å². The number of rotatable bonds is 7. The van der Waals surface area contributed by atoms with Crippen LogP contribution in [0.3, 0.4) is 0 Å². The molecule has 2 aromatic rings. The Morgan fingerprint density at radius 3 is 2.39 bits per heavy atom. The highest BCUT2D eigenvalue weighted by Gasteiger charge is 2.32. The van der Waals surface area contributed by atoms with E-state index < -0.39 is 18.2 Å². The predicted molar refractivity (Wildman–Crippen MR) is 153 cm³/mol. The Morgan fingerprint density at radius 1 is 1.05 bits per heavy atom. The second-order valence-corrected chi connectivity index (χ2v) is 10.8. The normalized spacial score (nSPS) is 18.8. The quantitative estimate of drug-likeness (QED) is 0.401. The SMILES string of the molecule is CC(C)NC(=O)N(C)C[C@@H]1Oc2ccc(NC(=O)Nc3ccc4c(c3)OCO4)cc2CC(=O)N([C@@H](C)CO)C[C@H]1C. The molecule has 2 aromatic carbocycles. The maximum absolute atomic E-state index is 13.4. The van der Waals surface area contributed by atoms with Crippen LogP contribution in [0.2, 0.25) is 0 Å². The molecular formula is C29H39N5O7. The largest absolute Gasteiger partial charge is 0.488 e. The zero-order valence-electron chi connectivity index (χ0n) is 24.1. The van der Waals surface area contributed by atoms with E-state index in [-0.39, 0.29) is 50.3 Å². The van der Waals surface area contributed by atoms with Gasteiger partial charge in [0.05, 0.1) is 25.6 Å². The molecule has 0 saturated carbocycles. The van der Waals surface area contributed by atoms with Crippen LogP contribution in [-0.2, 0) is 11.2 Å². The van der Waals surface area contributed by atoms with Crippen molar-refractivity contribution in [3.8, 4) is 17.2 Å². The molecule has 12 nitrogen and oxygen atoms in total. The molecule has 222 valence electrons. The number of nitrogens with one attached hydrogen (secondary N) is 3. The number of aliphatic hydroxyl groups excluding tert-OH is 1. The number of hydrogen-bond acceptors (Lipinski definition) is 7. The maximum atomic E-state index is 13.4. The summed E-state index contributed by atoms with van der Waals surface area (Å²) in [5.41, 5.74) is 1.58. The molecule has 2 aliphatic heterocycles. The fourth-order valence-electron chi connectivity index (χ4n) is 4.70. The molecule has 0 aromatic heterocycles. The van der Waals surface area contributed by atoms with Gasteiger partial charge in [-0.05, 0) is 51.1 Å². The number of benzene rings is 2. The minimum Gasteiger partial charge on any atom is -0.488 e. The lowest BCUT2D eigenvalue weighted by atomic mass is 10.0. The number of ether oxygens (including phenoxy) is 3. The molecule has 0 bridgehead atoms. The highest BCUT2D eigenvalue weighted by atomic mass is 16.7. The summed E-state index contributed by atoms with van der Waals surface area (Å²) in [4.78, 5) is 42.0. The number of likely N-dealkylation sites (N-methyl/N-ethyl adjacent to an activating group) is 1. The van der Waals surface area contributed by atoms with Crippen molar-refractivity contribution >= 4 is 29.3 Å². The average Bonchev–Trinajstić information content (AvgIpc) is 3.40. The lowest BCUT2D eigenvalue weighted by Crippen LogP contribution is -2.49. The van der Waals surface area contributed by atoms with Crippen molar-refractivity contribution in [2.75, 3.05) is 44.2 Å². The van der Waals surface area contributed by atoms with Crippen LogP contribution in [0.5, 0.6) is 17.2 Å². The van der Waals surface area contributed by atoms with E-state index in [1.807, 2.05) is 20.8 Å². The minimum atomic E-state index is -0.473. The highest BCUT2D eigenvalue weighted by molar-refractivity contribution is 6.00. The van der Waals surface area contributed by atoms with Gasteiger partial charge in [-0.25, -0.2) is 9.59 Å². The van der Waals surface area contributed by atoms with E-state index in [2.05, 4.69) is 16.0 Å². The second-order valence-electron chi connectivity index (χ2n) is 10.8. The predicted octanol–water partition coefficient (Wildman–Crippen LogP) is 3.26. The summed E-state index contributed by atoms with van der Waals surface area (Å²) in [7, 11) is 1.70. The Hall–Kier alpha value is -4.19. The van der Waals surface area contributed by atoms with Crippen LogP contribution in [0.15, 0.2) is 36.4 Å². The molecule has 2 heterocycles. The number of amides is 5. The minimum absolute atomic E-state index is 0.0160. The average molecular weight is 570 g/mol. The first-order chi connectivity index (χ1) is 19.5. The number of carbonyl (C=O) groups is 3. The molecule has 3 atom stereocenters. The van der Waals surface area contributed by atoms with Gasteiger partial charge in [0.2, 0.25) is 12.7 Å². The maximum Gasteiger partial charge on any atom is 0.323 e. The summed E-state index contributed by atoms with van der Waals surface area (Å²) in [6.45, 7) is 8.12. The van der Waals surface area contributed by atoms with Gasteiger partial charge in [0.15, 0.2) is 11.5 Å². The Morgan fingerprint density at radius 2 is 1.71 bits per heavy atom. The van der Waals surface area contributed by atoms with E-state index in [9.17, 15) is 19.5 Å². The van der Waals surface area contributed by atoms with Crippen molar-refractivity contribution in [3.05, 3.63) is 42.0 Å². The highest BCUT2D eigenvalue weighted by Crippen LogP contribution is 2.34.